The van der Waals surface area contributed by atoms with E-state index >= 15 is 0 Å². The van der Waals surface area contributed by atoms with Gasteiger partial charge in [0.15, 0.2) is 0 Å². The Labute approximate surface area is 149 Å². The van der Waals surface area contributed by atoms with Gasteiger partial charge < -0.3 is 5.11 Å². The number of rotatable bonds is 18. The number of unbranched alkanes of at least 4 members (excludes halogenated alkanes) is 12. The number of hydrogen-bond donors (Lipinski definition) is 1. The monoisotopic (exact) mass is 344 g/mol. The van der Waals surface area contributed by atoms with Crippen LogP contribution in [0.3, 0.4) is 0 Å². The molecule has 24 heavy (non-hydrogen) atoms. The molecule has 0 bridgehead atoms. The second kappa shape index (κ2) is 15.9. The van der Waals surface area contributed by atoms with E-state index in [2.05, 4.69) is 13.8 Å². The first-order valence-electron chi connectivity index (χ1n) is 10.4. The zero-order valence-electron chi connectivity index (χ0n) is 16.3. The summed E-state index contributed by atoms with van der Waals surface area (Å²) >= 11 is 0. The Morgan fingerprint density at radius 2 is 1.04 bits per heavy atom. The molecule has 0 saturated carbocycles. The highest BCUT2D eigenvalue weighted by Gasteiger charge is 2.31. The van der Waals surface area contributed by atoms with Crippen molar-refractivity contribution in [3.8, 4) is 0 Å². The van der Waals surface area contributed by atoms with Crippen molar-refractivity contribution in [1.82, 2.24) is 0 Å². The SMILES string of the molecule is CCCCCCCCCC(F)(CCCCCCCCC)CC(=O)O. The zero-order valence-corrected chi connectivity index (χ0v) is 16.3. The average molecular weight is 345 g/mol. The fourth-order valence-electron chi connectivity index (χ4n) is 3.37. The molecule has 0 spiro atoms. The van der Waals surface area contributed by atoms with Crippen LogP contribution >= 0.6 is 0 Å². The molecule has 0 aliphatic carbocycles. The molecule has 1 N–H and O–H groups in total. The molecule has 0 aliphatic rings. The fraction of sp³-hybridized carbons (Fsp3) is 0.952. The van der Waals surface area contributed by atoms with Crippen molar-refractivity contribution in [2.75, 3.05) is 0 Å². The van der Waals surface area contributed by atoms with Gasteiger partial charge in [-0.25, -0.2) is 4.39 Å². The van der Waals surface area contributed by atoms with Gasteiger partial charge in [0.1, 0.15) is 5.67 Å². The summed E-state index contributed by atoms with van der Waals surface area (Å²) in [6.07, 6.45) is 16.6. The van der Waals surface area contributed by atoms with Gasteiger partial charge >= 0.3 is 5.97 Å². The molecule has 144 valence electrons. The lowest BCUT2D eigenvalue weighted by Gasteiger charge is -2.23. The van der Waals surface area contributed by atoms with E-state index in [9.17, 15) is 9.18 Å². The lowest BCUT2D eigenvalue weighted by Crippen LogP contribution is -2.26. The van der Waals surface area contributed by atoms with Gasteiger partial charge in [0.05, 0.1) is 6.42 Å². The molecule has 2 nitrogen and oxygen atoms in total. The van der Waals surface area contributed by atoms with Crippen LogP contribution in [0.15, 0.2) is 0 Å². The molecule has 0 aromatic heterocycles. The molecule has 3 heteroatoms. The lowest BCUT2D eigenvalue weighted by molar-refractivity contribution is -0.140. The Morgan fingerprint density at radius 3 is 1.38 bits per heavy atom. The molecule has 0 rings (SSSR count). The maximum absolute atomic E-state index is 14.9. The summed E-state index contributed by atoms with van der Waals surface area (Å²) in [5, 5.41) is 9.01. The number of hydrogen-bond acceptors (Lipinski definition) is 1. The number of halogens is 1. The molecule has 0 atom stereocenters. The van der Waals surface area contributed by atoms with E-state index in [0.717, 1.165) is 38.5 Å². The van der Waals surface area contributed by atoms with Gasteiger partial charge in [-0.15, -0.1) is 0 Å². The normalized spacial score (nSPS) is 11.8. The maximum atomic E-state index is 14.9. The summed E-state index contributed by atoms with van der Waals surface area (Å²) in [4.78, 5) is 11.0. The highest BCUT2D eigenvalue weighted by atomic mass is 19.1. The summed E-state index contributed by atoms with van der Waals surface area (Å²) in [6.45, 7) is 4.40. The topological polar surface area (TPSA) is 37.3 Å². The van der Waals surface area contributed by atoms with Crippen molar-refractivity contribution >= 4 is 5.97 Å². The molecular formula is C21H41FO2. The third-order valence-electron chi connectivity index (χ3n) is 4.92. The molecule has 0 heterocycles. The van der Waals surface area contributed by atoms with Gasteiger partial charge in [0.2, 0.25) is 0 Å². The third-order valence-corrected chi connectivity index (χ3v) is 4.92. The standard InChI is InChI=1S/C21H41FO2/c1-3-5-7-9-11-13-15-17-21(22,19-20(23)24)18-16-14-12-10-8-6-4-2/h3-19H2,1-2H3,(H,23,24). The maximum Gasteiger partial charge on any atom is 0.306 e. The predicted octanol–water partition coefficient (Wildman–Crippen LogP) is 7.45. The first-order chi connectivity index (χ1) is 11.5. The summed E-state index contributed by atoms with van der Waals surface area (Å²) in [5.74, 6) is -0.997. The van der Waals surface area contributed by atoms with Crippen molar-refractivity contribution in [3.05, 3.63) is 0 Å². The summed E-state index contributed by atoms with van der Waals surface area (Å²) < 4.78 is 14.9. The molecule has 0 fully saturated rings. The smallest absolute Gasteiger partial charge is 0.306 e. The lowest BCUT2D eigenvalue weighted by atomic mass is 9.88. The molecule has 0 aliphatic heterocycles. The molecule has 0 aromatic rings. The molecule has 0 saturated heterocycles. The fourth-order valence-corrected chi connectivity index (χ4v) is 3.37. The number of aliphatic carboxylic acids is 1. The number of alkyl halides is 1. The van der Waals surface area contributed by atoms with Crippen molar-refractivity contribution in [3.63, 3.8) is 0 Å². The van der Waals surface area contributed by atoms with Crippen molar-refractivity contribution in [1.29, 1.82) is 0 Å². The Bertz CT molecular complexity index is 274. The number of carbonyl (C=O) groups is 1. The molecule has 0 amide bonds. The van der Waals surface area contributed by atoms with Crippen LogP contribution in [0, 0.1) is 0 Å². The Morgan fingerprint density at radius 1 is 0.708 bits per heavy atom. The number of carboxylic acid groups (broad SMARTS) is 1. The van der Waals surface area contributed by atoms with Gasteiger partial charge in [0.25, 0.3) is 0 Å². The average Bonchev–Trinajstić information content (AvgIpc) is 2.52. The minimum atomic E-state index is -1.49. The summed E-state index contributed by atoms with van der Waals surface area (Å²) in [7, 11) is 0. The minimum absolute atomic E-state index is 0.321. The van der Waals surface area contributed by atoms with Crippen molar-refractivity contribution in [2.45, 2.75) is 129 Å². The van der Waals surface area contributed by atoms with Crippen molar-refractivity contribution in [2.24, 2.45) is 0 Å². The Kier molecular flexibility index (Phi) is 15.5. The number of carboxylic acids is 1. The van der Waals surface area contributed by atoms with Gasteiger partial charge in [-0.05, 0) is 12.8 Å². The molecular weight excluding hydrogens is 303 g/mol. The van der Waals surface area contributed by atoms with E-state index in [0.29, 0.717) is 12.8 Å². The highest BCUT2D eigenvalue weighted by molar-refractivity contribution is 5.68. The van der Waals surface area contributed by atoms with Crippen LogP contribution < -0.4 is 0 Å². The second-order valence-corrected chi connectivity index (χ2v) is 7.46. The van der Waals surface area contributed by atoms with Crippen LogP contribution in [0.4, 0.5) is 4.39 Å². The summed E-state index contributed by atoms with van der Waals surface area (Å²) in [6, 6.07) is 0. The molecule has 0 unspecified atom stereocenters. The zero-order chi connectivity index (χ0) is 18.1. The van der Waals surface area contributed by atoms with E-state index in [-0.39, 0.29) is 6.42 Å². The van der Waals surface area contributed by atoms with Crippen LogP contribution in [0.25, 0.3) is 0 Å². The highest BCUT2D eigenvalue weighted by Crippen LogP contribution is 2.30. The van der Waals surface area contributed by atoms with Crippen LogP contribution in [0.2, 0.25) is 0 Å². The van der Waals surface area contributed by atoms with Gasteiger partial charge in [-0.3, -0.25) is 4.79 Å². The Balaban J connectivity index is 3.88. The first-order valence-corrected chi connectivity index (χ1v) is 10.4. The van der Waals surface area contributed by atoms with E-state index in [1.165, 1.54) is 51.4 Å². The molecule has 0 radical (unpaired) electrons. The van der Waals surface area contributed by atoms with Crippen LogP contribution in [0.5, 0.6) is 0 Å². The molecule has 0 aromatic carbocycles. The van der Waals surface area contributed by atoms with Crippen LogP contribution in [0.1, 0.15) is 123 Å². The first kappa shape index (κ1) is 23.4. The van der Waals surface area contributed by atoms with Crippen LogP contribution in [-0.4, -0.2) is 16.7 Å². The van der Waals surface area contributed by atoms with Crippen molar-refractivity contribution < 1.29 is 14.3 Å². The van der Waals surface area contributed by atoms with Gasteiger partial charge in [-0.2, -0.15) is 0 Å². The predicted molar refractivity (Wildman–Crippen MR) is 101 cm³/mol. The minimum Gasteiger partial charge on any atom is -0.481 e. The van der Waals surface area contributed by atoms with E-state index in [1.54, 1.807) is 0 Å². The van der Waals surface area contributed by atoms with Gasteiger partial charge in [-0.1, -0.05) is 104 Å². The Hall–Kier alpha value is -0.600. The van der Waals surface area contributed by atoms with E-state index in [1.807, 2.05) is 0 Å². The van der Waals surface area contributed by atoms with E-state index in [4.69, 9.17) is 5.11 Å². The van der Waals surface area contributed by atoms with Gasteiger partial charge in [0, 0.05) is 0 Å². The van der Waals surface area contributed by atoms with Crippen LogP contribution in [-0.2, 0) is 4.79 Å². The second-order valence-electron chi connectivity index (χ2n) is 7.46. The van der Waals surface area contributed by atoms with E-state index < -0.39 is 11.6 Å². The third kappa shape index (κ3) is 15.0. The quantitative estimate of drug-likeness (QED) is 0.262. The largest absolute Gasteiger partial charge is 0.481 e. The summed E-state index contributed by atoms with van der Waals surface area (Å²) in [5.41, 5.74) is -1.49.